The monoisotopic (exact) mass is 440 g/mol. The highest BCUT2D eigenvalue weighted by molar-refractivity contribution is 8.14. The van der Waals surface area contributed by atoms with E-state index in [4.69, 9.17) is 9.47 Å². The topological polar surface area (TPSA) is 76.2 Å². The second-order valence-corrected chi connectivity index (χ2v) is 8.46. The van der Waals surface area contributed by atoms with Gasteiger partial charge in [-0.05, 0) is 29.7 Å². The van der Waals surface area contributed by atoms with Gasteiger partial charge in [0, 0.05) is 19.5 Å². The van der Waals surface area contributed by atoms with Crippen molar-refractivity contribution < 1.29 is 23.9 Å². The van der Waals surface area contributed by atoms with Crippen LogP contribution in [0.4, 0.5) is 4.79 Å². The Morgan fingerprint density at radius 2 is 1.84 bits per heavy atom. The highest BCUT2D eigenvalue weighted by Gasteiger charge is 2.43. The summed E-state index contributed by atoms with van der Waals surface area (Å²) in [6, 6.07) is 15.4. The predicted octanol–water partition coefficient (Wildman–Crippen LogP) is 3.11. The Bertz CT molecular complexity index is 959. The third-order valence-electron chi connectivity index (χ3n) is 5.46. The van der Waals surface area contributed by atoms with Crippen LogP contribution in [0.25, 0.3) is 0 Å². The van der Waals surface area contributed by atoms with Gasteiger partial charge >= 0.3 is 0 Å². The van der Waals surface area contributed by atoms with Crippen molar-refractivity contribution in [3.05, 3.63) is 59.7 Å². The van der Waals surface area contributed by atoms with Gasteiger partial charge in [-0.25, -0.2) is 0 Å². The molecule has 8 heteroatoms. The lowest BCUT2D eigenvalue weighted by Gasteiger charge is -2.42. The summed E-state index contributed by atoms with van der Waals surface area (Å²) in [4.78, 5) is 39.1. The molecule has 0 N–H and O–H groups in total. The van der Waals surface area contributed by atoms with Crippen LogP contribution in [0.1, 0.15) is 17.5 Å². The molecule has 0 atom stereocenters. The number of carbonyl (C=O) groups is 3. The number of benzene rings is 2. The van der Waals surface area contributed by atoms with Gasteiger partial charge in [0.25, 0.3) is 5.24 Å². The first-order valence-electron chi connectivity index (χ1n) is 10.2. The Labute approximate surface area is 185 Å². The third-order valence-corrected chi connectivity index (χ3v) is 6.29. The van der Waals surface area contributed by atoms with Gasteiger partial charge in [0.1, 0.15) is 6.61 Å². The lowest BCUT2D eigenvalue weighted by Crippen LogP contribution is -2.62. The van der Waals surface area contributed by atoms with Crippen molar-refractivity contribution in [3.63, 3.8) is 0 Å². The van der Waals surface area contributed by atoms with Crippen LogP contribution in [0.3, 0.4) is 0 Å². The number of carbonyl (C=O) groups excluding carboxylic acids is 3. The van der Waals surface area contributed by atoms with Crippen LogP contribution in [0.15, 0.2) is 48.5 Å². The number of amides is 3. The fourth-order valence-electron chi connectivity index (χ4n) is 3.67. The van der Waals surface area contributed by atoms with E-state index in [2.05, 4.69) is 0 Å². The Kier molecular flexibility index (Phi) is 6.46. The van der Waals surface area contributed by atoms with E-state index in [1.54, 1.807) is 12.0 Å². The van der Waals surface area contributed by atoms with Crippen LogP contribution in [0.5, 0.6) is 11.5 Å². The Balaban J connectivity index is 1.30. The maximum Gasteiger partial charge on any atom is 0.289 e. The first kappa shape index (κ1) is 21.2. The molecule has 0 unspecified atom stereocenters. The van der Waals surface area contributed by atoms with E-state index < -0.39 is 0 Å². The molecule has 2 aromatic carbocycles. The van der Waals surface area contributed by atoms with Gasteiger partial charge < -0.3 is 14.4 Å². The molecule has 7 nitrogen and oxygen atoms in total. The normalized spacial score (nSPS) is 16.4. The fraction of sp³-hybridized carbons (Fsp3) is 0.348. The van der Waals surface area contributed by atoms with Crippen LogP contribution in [0.2, 0.25) is 0 Å². The van der Waals surface area contributed by atoms with Crippen molar-refractivity contribution in [1.82, 2.24) is 9.80 Å². The maximum absolute atomic E-state index is 12.5. The van der Waals surface area contributed by atoms with Crippen molar-refractivity contribution >= 4 is 28.8 Å². The highest BCUT2D eigenvalue weighted by atomic mass is 32.2. The summed E-state index contributed by atoms with van der Waals surface area (Å²) in [5, 5.41) is -0.205. The summed E-state index contributed by atoms with van der Waals surface area (Å²) in [6.07, 6.45) is 0.928. The smallest absolute Gasteiger partial charge is 0.289 e. The molecule has 3 amide bonds. The molecule has 31 heavy (non-hydrogen) atoms. The third kappa shape index (κ3) is 4.85. The zero-order chi connectivity index (χ0) is 21.8. The van der Waals surface area contributed by atoms with Gasteiger partial charge in [0.15, 0.2) is 11.5 Å². The summed E-state index contributed by atoms with van der Waals surface area (Å²) in [5.74, 6) is 1.35. The number of aryl methyl sites for hydroxylation is 1. The molecule has 162 valence electrons. The average Bonchev–Trinajstić information content (AvgIpc) is 3.08. The Morgan fingerprint density at radius 3 is 2.52 bits per heavy atom. The number of imide groups is 1. The molecule has 2 saturated heterocycles. The van der Waals surface area contributed by atoms with E-state index in [0.29, 0.717) is 44.0 Å². The number of ether oxygens (including phenoxy) is 2. The first-order valence-corrected chi connectivity index (χ1v) is 11.1. The average molecular weight is 441 g/mol. The van der Waals surface area contributed by atoms with Crippen LogP contribution in [0, 0.1) is 0 Å². The number of hydrogen-bond donors (Lipinski definition) is 0. The van der Waals surface area contributed by atoms with Crippen molar-refractivity contribution in [3.8, 4) is 11.5 Å². The second kappa shape index (κ2) is 9.43. The van der Waals surface area contributed by atoms with E-state index in [1.807, 2.05) is 48.5 Å². The van der Waals surface area contributed by atoms with E-state index >= 15 is 0 Å². The minimum absolute atomic E-state index is 0.0190. The molecular formula is C23H24N2O5S. The van der Waals surface area contributed by atoms with E-state index in [9.17, 15) is 14.4 Å². The quantitative estimate of drug-likeness (QED) is 0.628. The zero-order valence-corrected chi connectivity index (χ0v) is 18.1. The molecule has 2 heterocycles. The van der Waals surface area contributed by atoms with Crippen LogP contribution in [-0.2, 0) is 22.6 Å². The van der Waals surface area contributed by atoms with Gasteiger partial charge in [0.05, 0.1) is 18.9 Å². The van der Waals surface area contributed by atoms with Crippen molar-refractivity contribution in [2.75, 3.05) is 26.0 Å². The minimum Gasteiger partial charge on any atom is -0.493 e. The first-order chi connectivity index (χ1) is 15.0. The molecular weight excluding hydrogens is 416 g/mol. The van der Waals surface area contributed by atoms with Gasteiger partial charge in [-0.2, -0.15) is 0 Å². The molecule has 0 radical (unpaired) electrons. The maximum atomic E-state index is 12.5. The number of nitrogens with zero attached hydrogens (tertiary/aromatic N) is 2. The second-order valence-electron chi connectivity index (χ2n) is 7.53. The number of likely N-dealkylation sites (tertiary alicyclic amines) is 1. The van der Waals surface area contributed by atoms with Gasteiger partial charge in [-0.15, -0.1) is 0 Å². The lowest BCUT2D eigenvalue weighted by molar-refractivity contribution is -0.142. The summed E-state index contributed by atoms with van der Waals surface area (Å²) >= 11 is 1.03. The summed E-state index contributed by atoms with van der Waals surface area (Å²) in [7, 11) is 1.60. The molecule has 0 saturated carbocycles. The molecule has 2 aromatic rings. The highest BCUT2D eigenvalue weighted by Crippen LogP contribution is 2.30. The molecule has 2 aliphatic rings. The molecule has 0 bridgehead atoms. The Hall–Kier alpha value is -3.00. The van der Waals surface area contributed by atoms with Crippen LogP contribution in [-0.4, -0.2) is 58.8 Å². The molecule has 2 fully saturated rings. The van der Waals surface area contributed by atoms with Crippen LogP contribution < -0.4 is 9.47 Å². The van der Waals surface area contributed by atoms with Crippen LogP contribution >= 0.6 is 11.8 Å². The van der Waals surface area contributed by atoms with E-state index in [-0.39, 0.29) is 28.8 Å². The molecule has 0 aliphatic carbocycles. The predicted molar refractivity (Wildman–Crippen MR) is 117 cm³/mol. The molecule has 2 aliphatic heterocycles. The number of thioether (sulfide) groups is 1. The van der Waals surface area contributed by atoms with Gasteiger partial charge in [-0.3, -0.25) is 19.3 Å². The van der Waals surface area contributed by atoms with Crippen molar-refractivity contribution in [2.24, 2.45) is 0 Å². The summed E-state index contributed by atoms with van der Waals surface area (Å²) < 4.78 is 11.3. The fourth-order valence-corrected chi connectivity index (χ4v) is 4.45. The Morgan fingerprint density at radius 1 is 1.06 bits per heavy atom. The number of methoxy groups -OCH3 is 1. The van der Waals surface area contributed by atoms with Gasteiger partial charge in [0.2, 0.25) is 11.8 Å². The van der Waals surface area contributed by atoms with Crippen molar-refractivity contribution in [2.45, 2.75) is 25.5 Å². The molecule has 0 aromatic heterocycles. The standard InChI is InChI=1S/C23H24N2O5S/c1-29-19-9-7-16(11-20(19)30-14-17-5-3-2-4-6-17)8-10-21(26)24-12-18(13-24)25-22(27)15-31-23(25)28/h2-7,9,11,18H,8,10,12-15H2,1H3. The zero-order valence-electron chi connectivity index (χ0n) is 17.3. The SMILES string of the molecule is COc1ccc(CCC(=O)N2CC(N3C(=O)CSC3=O)C2)cc1OCc1ccccc1. The largest absolute Gasteiger partial charge is 0.493 e. The van der Waals surface area contributed by atoms with E-state index in [1.165, 1.54) is 4.90 Å². The summed E-state index contributed by atoms with van der Waals surface area (Å²) in [5.41, 5.74) is 2.04. The number of rotatable bonds is 8. The number of hydrogen-bond acceptors (Lipinski definition) is 6. The minimum atomic E-state index is -0.205. The lowest BCUT2D eigenvalue weighted by atomic mass is 10.0. The van der Waals surface area contributed by atoms with Gasteiger partial charge in [-0.1, -0.05) is 48.2 Å². The summed E-state index contributed by atoms with van der Waals surface area (Å²) in [6.45, 7) is 1.27. The molecule has 4 rings (SSSR count). The van der Waals surface area contributed by atoms with E-state index in [0.717, 1.165) is 22.9 Å². The van der Waals surface area contributed by atoms with Crippen molar-refractivity contribution in [1.29, 1.82) is 0 Å². The molecule has 0 spiro atoms.